The van der Waals surface area contributed by atoms with Crippen molar-refractivity contribution in [3.05, 3.63) is 157 Å². The normalized spacial score (nSPS) is 11.7. The number of benzene rings is 6. The first-order valence-corrected chi connectivity index (χ1v) is 16.9. The van der Waals surface area contributed by atoms with Crippen molar-refractivity contribution in [3.63, 3.8) is 0 Å². The van der Waals surface area contributed by atoms with Crippen molar-refractivity contribution in [2.24, 2.45) is 0 Å². The van der Waals surface area contributed by atoms with Crippen LogP contribution in [0, 0.1) is 0 Å². The zero-order valence-electron chi connectivity index (χ0n) is 26.7. The molecular formula is C44H34N2S. The van der Waals surface area contributed by atoms with Crippen LogP contribution in [0.25, 0.3) is 76.1 Å². The van der Waals surface area contributed by atoms with Crippen molar-refractivity contribution in [2.45, 2.75) is 26.2 Å². The molecule has 0 saturated heterocycles. The standard InChI is InChI=1S/C44H34N2S/c1-44(2,3)39-25-13-24-38-37-23-12-22-36(42(37)47-43(38)39)35-21-10-9-20-34(35)33-19-8-7-18-32(33)30-16-11-17-31(26-30)41-27-40(45-28-46-41)29-14-5-4-6-15-29/h4-28H,1-3H3. The SMILES string of the molecule is CC(C)(C)c1cccc2c1sc1c(-c3ccccc3-c3ccccc3-c3cccc(-c4cc(-c5ccccc5)ncn4)c3)cccc12. The molecule has 8 aromatic rings. The first-order chi connectivity index (χ1) is 23.0. The summed E-state index contributed by atoms with van der Waals surface area (Å²) in [6.45, 7) is 6.92. The van der Waals surface area contributed by atoms with Gasteiger partial charge in [-0.2, -0.15) is 0 Å². The summed E-state index contributed by atoms with van der Waals surface area (Å²) in [6, 6.07) is 52.2. The summed E-state index contributed by atoms with van der Waals surface area (Å²) in [5.41, 5.74) is 12.7. The molecular weight excluding hydrogens is 589 g/mol. The second-order valence-corrected chi connectivity index (χ2v) is 14.1. The molecule has 0 fully saturated rings. The van der Waals surface area contributed by atoms with Crippen LogP contribution < -0.4 is 0 Å². The molecule has 2 heterocycles. The van der Waals surface area contributed by atoms with E-state index in [0.717, 1.165) is 28.1 Å². The molecule has 0 bridgehead atoms. The molecule has 0 atom stereocenters. The predicted molar refractivity (Wildman–Crippen MR) is 201 cm³/mol. The summed E-state index contributed by atoms with van der Waals surface area (Å²) in [5, 5.41) is 2.67. The number of nitrogens with zero attached hydrogens (tertiary/aromatic N) is 2. The van der Waals surface area contributed by atoms with E-state index in [1.54, 1.807) is 6.33 Å². The van der Waals surface area contributed by atoms with Crippen molar-refractivity contribution in [2.75, 3.05) is 0 Å². The summed E-state index contributed by atoms with van der Waals surface area (Å²) in [4.78, 5) is 9.21. The van der Waals surface area contributed by atoms with Gasteiger partial charge in [-0.15, -0.1) is 11.3 Å². The molecule has 0 aliphatic carbocycles. The first-order valence-electron chi connectivity index (χ1n) is 16.1. The summed E-state index contributed by atoms with van der Waals surface area (Å²) >= 11 is 1.93. The Morgan fingerprint density at radius 3 is 1.66 bits per heavy atom. The van der Waals surface area contributed by atoms with Crippen LogP contribution in [0.1, 0.15) is 26.3 Å². The fourth-order valence-electron chi connectivity index (χ4n) is 6.67. The Bertz CT molecular complexity index is 2400. The minimum absolute atomic E-state index is 0.0703. The second-order valence-electron chi connectivity index (χ2n) is 13.0. The Labute approximate surface area is 280 Å². The molecule has 6 aromatic carbocycles. The van der Waals surface area contributed by atoms with Crippen molar-refractivity contribution in [1.29, 1.82) is 0 Å². The van der Waals surface area contributed by atoms with Gasteiger partial charge in [0.25, 0.3) is 0 Å². The number of hydrogen-bond acceptors (Lipinski definition) is 3. The van der Waals surface area contributed by atoms with E-state index >= 15 is 0 Å². The summed E-state index contributed by atoms with van der Waals surface area (Å²) < 4.78 is 2.72. The van der Waals surface area contributed by atoms with Crippen molar-refractivity contribution >= 4 is 31.5 Å². The van der Waals surface area contributed by atoms with Gasteiger partial charge >= 0.3 is 0 Å². The number of hydrogen-bond donors (Lipinski definition) is 0. The molecule has 0 radical (unpaired) electrons. The molecule has 8 rings (SSSR count). The monoisotopic (exact) mass is 622 g/mol. The van der Waals surface area contributed by atoms with Crippen LogP contribution in [0.15, 0.2) is 152 Å². The Morgan fingerprint density at radius 2 is 0.936 bits per heavy atom. The van der Waals surface area contributed by atoms with Crippen LogP contribution in [-0.2, 0) is 5.41 Å². The lowest BCUT2D eigenvalue weighted by Crippen LogP contribution is -2.10. The maximum Gasteiger partial charge on any atom is 0.116 e. The van der Waals surface area contributed by atoms with Crippen LogP contribution in [0.4, 0.5) is 0 Å². The second kappa shape index (κ2) is 11.8. The Balaban J connectivity index is 1.26. The molecule has 47 heavy (non-hydrogen) atoms. The van der Waals surface area contributed by atoms with Gasteiger partial charge < -0.3 is 0 Å². The van der Waals surface area contributed by atoms with Crippen molar-refractivity contribution in [1.82, 2.24) is 9.97 Å². The van der Waals surface area contributed by atoms with Gasteiger partial charge in [0, 0.05) is 36.9 Å². The largest absolute Gasteiger partial charge is 0.236 e. The third-order valence-electron chi connectivity index (χ3n) is 8.97. The molecule has 3 heteroatoms. The average Bonchev–Trinajstić information content (AvgIpc) is 3.51. The minimum Gasteiger partial charge on any atom is -0.236 e. The fourth-order valence-corrected chi connectivity index (χ4v) is 8.23. The highest BCUT2D eigenvalue weighted by atomic mass is 32.1. The number of rotatable bonds is 5. The molecule has 2 aromatic heterocycles. The zero-order chi connectivity index (χ0) is 32.0. The van der Waals surface area contributed by atoms with Crippen LogP contribution in [0.5, 0.6) is 0 Å². The van der Waals surface area contributed by atoms with Crippen molar-refractivity contribution in [3.8, 4) is 55.9 Å². The lowest BCUT2D eigenvalue weighted by molar-refractivity contribution is 0.597. The first kappa shape index (κ1) is 29.1. The summed E-state index contributed by atoms with van der Waals surface area (Å²) in [6.07, 6.45) is 1.66. The predicted octanol–water partition coefficient (Wildman–Crippen LogP) is 12.5. The molecule has 0 N–H and O–H groups in total. The molecule has 0 unspecified atom stereocenters. The average molecular weight is 623 g/mol. The fraction of sp³-hybridized carbons (Fsp3) is 0.0909. The van der Waals surface area contributed by atoms with Crippen molar-refractivity contribution < 1.29 is 0 Å². The van der Waals surface area contributed by atoms with Crippen LogP contribution in [0.3, 0.4) is 0 Å². The Kier molecular flexibility index (Phi) is 7.27. The van der Waals surface area contributed by atoms with Gasteiger partial charge in [-0.05, 0) is 50.9 Å². The number of fused-ring (bicyclic) bond motifs is 3. The molecule has 0 saturated carbocycles. The maximum absolute atomic E-state index is 4.66. The lowest BCUT2D eigenvalue weighted by atomic mass is 9.86. The quantitative estimate of drug-likeness (QED) is 0.191. The van der Waals surface area contributed by atoms with Gasteiger partial charge in [0.05, 0.1) is 11.4 Å². The molecule has 0 aliphatic heterocycles. The highest BCUT2D eigenvalue weighted by Crippen LogP contribution is 2.46. The zero-order valence-corrected chi connectivity index (χ0v) is 27.6. The highest BCUT2D eigenvalue weighted by Gasteiger charge is 2.21. The van der Waals surface area contributed by atoms with E-state index < -0.39 is 0 Å². The maximum atomic E-state index is 4.66. The van der Waals surface area contributed by atoms with Gasteiger partial charge in [-0.3, -0.25) is 0 Å². The van der Waals surface area contributed by atoms with E-state index in [1.807, 2.05) is 29.5 Å². The minimum atomic E-state index is 0.0703. The van der Waals surface area contributed by atoms with Crippen LogP contribution >= 0.6 is 11.3 Å². The van der Waals surface area contributed by atoms with Gasteiger partial charge in [0.15, 0.2) is 0 Å². The third-order valence-corrected chi connectivity index (χ3v) is 10.3. The Hall–Kier alpha value is -5.38. The van der Waals surface area contributed by atoms with E-state index in [2.05, 4.69) is 158 Å². The summed E-state index contributed by atoms with van der Waals surface area (Å²) in [7, 11) is 0. The molecule has 0 amide bonds. The molecule has 0 spiro atoms. The van der Waals surface area contributed by atoms with E-state index in [-0.39, 0.29) is 5.41 Å². The Morgan fingerprint density at radius 1 is 0.426 bits per heavy atom. The van der Waals surface area contributed by atoms with Crippen LogP contribution in [0.2, 0.25) is 0 Å². The molecule has 226 valence electrons. The van der Waals surface area contributed by atoms with E-state index in [1.165, 1.54) is 53.6 Å². The number of thiophene rings is 1. The van der Waals surface area contributed by atoms with Gasteiger partial charge in [-0.1, -0.05) is 154 Å². The smallest absolute Gasteiger partial charge is 0.116 e. The summed E-state index contributed by atoms with van der Waals surface area (Å²) in [5.74, 6) is 0. The van der Waals surface area contributed by atoms with Gasteiger partial charge in [-0.25, -0.2) is 9.97 Å². The van der Waals surface area contributed by atoms with Crippen LogP contribution in [-0.4, -0.2) is 9.97 Å². The topological polar surface area (TPSA) is 25.8 Å². The van der Waals surface area contributed by atoms with Gasteiger partial charge in [0.2, 0.25) is 0 Å². The lowest BCUT2D eigenvalue weighted by Gasteiger charge is -2.19. The molecule has 2 nitrogen and oxygen atoms in total. The molecule has 0 aliphatic rings. The van der Waals surface area contributed by atoms with E-state index in [0.29, 0.717) is 0 Å². The van der Waals surface area contributed by atoms with E-state index in [4.69, 9.17) is 0 Å². The van der Waals surface area contributed by atoms with E-state index in [9.17, 15) is 0 Å². The number of aromatic nitrogens is 2. The van der Waals surface area contributed by atoms with Gasteiger partial charge in [0.1, 0.15) is 6.33 Å². The highest BCUT2D eigenvalue weighted by molar-refractivity contribution is 7.26. The third kappa shape index (κ3) is 5.33.